The van der Waals surface area contributed by atoms with E-state index in [1.165, 1.54) is 5.56 Å². The number of aryl methyl sites for hydroxylation is 1. The molecule has 4 heterocycles. The third-order valence-corrected chi connectivity index (χ3v) is 5.20. The minimum absolute atomic E-state index is 0.271. The largest absolute Gasteiger partial charge is 0.377 e. The van der Waals surface area contributed by atoms with Crippen LogP contribution in [0.2, 0.25) is 0 Å². The van der Waals surface area contributed by atoms with Crippen molar-refractivity contribution in [3.05, 3.63) is 48.3 Å². The lowest BCUT2D eigenvalue weighted by Crippen LogP contribution is -2.58. The number of hydrogen-bond acceptors (Lipinski definition) is 6. The van der Waals surface area contributed by atoms with Gasteiger partial charge < -0.3 is 14.0 Å². The van der Waals surface area contributed by atoms with Crippen molar-refractivity contribution in [1.29, 1.82) is 0 Å². The highest BCUT2D eigenvalue weighted by Crippen LogP contribution is 2.24. The molecule has 0 unspecified atom stereocenters. The molecule has 26 heavy (non-hydrogen) atoms. The highest BCUT2D eigenvalue weighted by molar-refractivity contribution is 5.10. The summed E-state index contributed by atoms with van der Waals surface area (Å²) in [7, 11) is 2.05. The minimum Gasteiger partial charge on any atom is -0.377 e. The van der Waals surface area contributed by atoms with E-state index in [0.29, 0.717) is 6.61 Å². The smallest absolute Gasteiger partial charge is 0.122 e. The van der Waals surface area contributed by atoms with Crippen molar-refractivity contribution in [2.24, 2.45) is 7.05 Å². The van der Waals surface area contributed by atoms with Crippen molar-refractivity contribution in [1.82, 2.24) is 24.3 Å². The molecule has 0 amide bonds. The zero-order valence-electron chi connectivity index (χ0n) is 15.4. The summed E-state index contributed by atoms with van der Waals surface area (Å²) in [6.07, 6.45) is 7.56. The van der Waals surface area contributed by atoms with Crippen LogP contribution in [0.5, 0.6) is 0 Å². The zero-order chi connectivity index (χ0) is 17.8. The Bertz CT molecular complexity index is 707. The van der Waals surface area contributed by atoms with E-state index in [1.807, 2.05) is 31.8 Å². The lowest BCUT2D eigenvalue weighted by molar-refractivity contribution is -0.143. The first-order valence-electron chi connectivity index (χ1n) is 9.24. The average Bonchev–Trinajstić information content (AvgIpc) is 2.94. The maximum absolute atomic E-state index is 6.29. The van der Waals surface area contributed by atoms with Gasteiger partial charge in [-0.3, -0.25) is 14.8 Å². The SMILES string of the molecule is Cn1ccnc1CN1CCO[C@@]2(COCCN(Cc3ccncc3)C2)C1. The molecule has 0 bridgehead atoms. The molecule has 0 aromatic carbocycles. The number of imidazole rings is 1. The predicted octanol–water partition coefficient (Wildman–Crippen LogP) is 0.919. The Morgan fingerprint density at radius 2 is 1.81 bits per heavy atom. The van der Waals surface area contributed by atoms with Crippen molar-refractivity contribution in [3.8, 4) is 0 Å². The molecule has 1 atom stereocenters. The first-order valence-corrected chi connectivity index (χ1v) is 9.24. The van der Waals surface area contributed by atoms with Gasteiger partial charge in [-0.25, -0.2) is 4.98 Å². The van der Waals surface area contributed by atoms with E-state index in [2.05, 4.69) is 36.5 Å². The minimum atomic E-state index is -0.271. The van der Waals surface area contributed by atoms with Crippen LogP contribution in [0.1, 0.15) is 11.4 Å². The quantitative estimate of drug-likeness (QED) is 0.811. The first kappa shape index (κ1) is 17.6. The second-order valence-electron chi connectivity index (χ2n) is 7.32. The summed E-state index contributed by atoms with van der Waals surface area (Å²) >= 11 is 0. The molecule has 2 fully saturated rings. The summed E-state index contributed by atoms with van der Waals surface area (Å²) in [6, 6.07) is 4.15. The molecule has 0 saturated carbocycles. The molecule has 2 aliphatic heterocycles. The summed E-state index contributed by atoms with van der Waals surface area (Å²) in [5.74, 6) is 1.09. The molecule has 1 spiro atoms. The third-order valence-electron chi connectivity index (χ3n) is 5.20. The standard InChI is InChI=1S/C19H27N5O2/c1-22-7-6-21-18(22)13-24-9-11-26-19(15-24)14-23(8-10-25-16-19)12-17-2-4-20-5-3-17/h2-7H,8-16H2,1H3/t19-/m1/s1. The Hall–Kier alpha value is -1.80. The van der Waals surface area contributed by atoms with Crippen LogP contribution >= 0.6 is 0 Å². The monoisotopic (exact) mass is 357 g/mol. The van der Waals surface area contributed by atoms with E-state index in [0.717, 1.165) is 58.3 Å². The van der Waals surface area contributed by atoms with E-state index >= 15 is 0 Å². The van der Waals surface area contributed by atoms with Crippen LogP contribution in [-0.2, 0) is 29.6 Å². The molecule has 2 saturated heterocycles. The summed E-state index contributed by atoms with van der Waals surface area (Å²) in [4.78, 5) is 13.4. The molecule has 0 aliphatic carbocycles. The Labute approximate surface area is 154 Å². The van der Waals surface area contributed by atoms with Crippen LogP contribution in [-0.4, -0.2) is 75.9 Å². The van der Waals surface area contributed by atoms with Crippen LogP contribution in [0.4, 0.5) is 0 Å². The third kappa shape index (κ3) is 4.12. The van der Waals surface area contributed by atoms with E-state index in [9.17, 15) is 0 Å². The Morgan fingerprint density at radius 1 is 1.04 bits per heavy atom. The van der Waals surface area contributed by atoms with Crippen molar-refractivity contribution in [2.45, 2.75) is 18.7 Å². The fraction of sp³-hybridized carbons (Fsp3) is 0.579. The van der Waals surface area contributed by atoms with Gasteiger partial charge in [0.25, 0.3) is 0 Å². The number of ether oxygens (including phenoxy) is 2. The van der Waals surface area contributed by atoms with Gasteiger partial charge in [0, 0.05) is 64.6 Å². The number of pyridine rings is 1. The van der Waals surface area contributed by atoms with Crippen molar-refractivity contribution in [2.75, 3.05) is 46.0 Å². The second kappa shape index (κ2) is 7.84. The highest BCUT2D eigenvalue weighted by Gasteiger charge is 2.40. The summed E-state index contributed by atoms with van der Waals surface area (Å²) in [5, 5.41) is 0. The maximum atomic E-state index is 6.29. The van der Waals surface area contributed by atoms with Gasteiger partial charge in [-0.15, -0.1) is 0 Å². The van der Waals surface area contributed by atoms with E-state index in [4.69, 9.17) is 9.47 Å². The van der Waals surface area contributed by atoms with Gasteiger partial charge in [0.05, 0.1) is 26.4 Å². The van der Waals surface area contributed by atoms with E-state index in [1.54, 1.807) is 0 Å². The number of hydrogen-bond donors (Lipinski definition) is 0. The van der Waals surface area contributed by atoms with Crippen LogP contribution < -0.4 is 0 Å². The normalized spacial score (nSPS) is 25.4. The molecule has 2 aromatic rings. The van der Waals surface area contributed by atoms with Gasteiger partial charge in [0.15, 0.2) is 0 Å². The van der Waals surface area contributed by atoms with Gasteiger partial charge in [-0.2, -0.15) is 0 Å². The maximum Gasteiger partial charge on any atom is 0.122 e. The Morgan fingerprint density at radius 3 is 2.58 bits per heavy atom. The highest BCUT2D eigenvalue weighted by atomic mass is 16.5. The Balaban J connectivity index is 1.44. The summed E-state index contributed by atoms with van der Waals surface area (Å²) in [6.45, 7) is 7.48. The van der Waals surface area contributed by atoms with Crippen LogP contribution in [0.25, 0.3) is 0 Å². The molecule has 0 N–H and O–H groups in total. The topological polar surface area (TPSA) is 55.7 Å². The van der Waals surface area contributed by atoms with Crippen molar-refractivity contribution < 1.29 is 9.47 Å². The van der Waals surface area contributed by atoms with Crippen LogP contribution in [0.3, 0.4) is 0 Å². The molecule has 2 aliphatic rings. The lowest BCUT2D eigenvalue weighted by Gasteiger charge is -2.43. The van der Waals surface area contributed by atoms with Crippen LogP contribution in [0, 0.1) is 0 Å². The zero-order valence-corrected chi connectivity index (χ0v) is 15.4. The lowest BCUT2D eigenvalue weighted by atomic mass is 10.0. The molecule has 4 rings (SSSR count). The van der Waals surface area contributed by atoms with Crippen molar-refractivity contribution in [3.63, 3.8) is 0 Å². The van der Waals surface area contributed by atoms with Gasteiger partial charge in [-0.1, -0.05) is 0 Å². The fourth-order valence-corrected chi connectivity index (χ4v) is 3.86. The molecule has 7 heteroatoms. The molecular formula is C19H27N5O2. The van der Waals surface area contributed by atoms with Gasteiger partial charge in [-0.05, 0) is 17.7 Å². The number of morpholine rings is 1. The first-order chi connectivity index (χ1) is 12.7. The number of nitrogens with zero attached hydrogens (tertiary/aromatic N) is 5. The molecule has 7 nitrogen and oxygen atoms in total. The second-order valence-corrected chi connectivity index (χ2v) is 7.32. The van der Waals surface area contributed by atoms with Gasteiger partial charge >= 0.3 is 0 Å². The number of rotatable bonds is 4. The van der Waals surface area contributed by atoms with E-state index in [-0.39, 0.29) is 5.60 Å². The van der Waals surface area contributed by atoms with Gasteiger partial charge in [0.2, 0.25) is 0 Å². The predicted molar refractivity (Wildman–Crippen MR) is 97.5 cm³/mol. The fourth-order valence-electron chi connectivity index (χ4n) is 3.86. The molecule has 2 aromatic heterocycles. The van der Waals surface area contributed by atoms with Crippen LogP contribution in [0.15, 0.2) is 36.9 Å². The molecule has 140 valence electrons. The molecular weight excluding hydrogens is 330 g/mol. The van der Waals surface area contributed by atoms with Gasteiger partial charge in [0.1, 0.15) is 11.4 Å². The summed E-state index contributed by atoms with van der Waals surface area (Å²) < 4.78 is 14.3. The average molecular weight is 357 g/mol. The Kier molecular flexibility index (Phi) is 5.31. The number of aromatic nitrogens is 3. The molecule has 0 radical (unpaired) electrons. The van der Waals surface area contributed by atoms with E-state index < -0.39 is 0 Å². The summed E-state index contributed by atoms with van der Waals surface area (Å²) in [5.41, 5.74) is 1.00. The van der Waals surface area contributed by atoms with Crippen molar-refractivity contribution >= 4 is 0 Å².